The second-order valence-electron chi connectivity index (χ2n) is 4.85. The lowest BCUT2D eigenvalue weighted by molar-refractivity contribution is 0.920. The van der Waals surface area contributed by atoms with Gasteiger partial charge in [0.1, 0.15) is 0 Å². The van der Waals surface area contributed by atoms with Crippen LogP contribution >= 0.6 is 11.6 Å². The van der Waals surface area contributed by atoms with E-state index in [-0.39, 0.29) is 0 Å². The van der Waals surface area contributed by atoms with Crippen molar-refractivity contribution < 1.29 is 0 Å². The minimum atomic E-state index is 0.477. The highest BCUT2D eigenvalue weighted by Gasteiger charge is 2.10. The van der Waals surface area contributed by atoms with Crippen molar-refractivity contribution in [2.75, 3.05) is 5.73 Å². The number of hydrogen-bond acceptors (Lipinski definition) is 2. The second kappa shape index (κ2) is 5.17. The Labute approximate surface area is 123 Å². The van der Waals surface area contributed by atoms with Crippen molar-refractivity contribution in [3.05, 3.63) is 53.1 Å². The van der Waals surface area contributed by atoms with Crippen LogP contribution in [0.1, 0.15) is 18.9 Å². The molecule has 0 saturated carbocycles. The van der Waals surface area contributed by atoms with Crippen LogP contribution in [0.5, 0.6) is 0 Å². The van der Waals surface area contributed by atoms with E-state index in [0.717, 1.165) is 29.6 Å². The number of nitrogen functional groups attached to an aromatic ring is 1. The van der Waals surface area contributed by atoms with Gasteiger partial charge in [0.25, 0.3) is 0 Å². The molecule has 3 aromatic rings. The van der Waals surface area contributed by atoms with E-state index in [1.165, 1.54) is 5.56 Å². The SMILES string of the molecule is CCCc1ccc(-n2c(N)nc3cc(Cl)ccc32)cc1. The molecule has 1 heterocycles. The lowest BCUT2D eigenvalue weighted by Gasteiger charge is -2.07. The van der Waals surface area contributed by atoms with Gasteiger partial charge < -0.3 is 5.73 Å². The number of aryl methyl sites for hydroxylation is 1. The lowest BCUT2D eigenvalue weighted by Crippen LogP contribution is -2.00. The van der Waals surface area contributed by atoms with Gasteiger partial charge in [0.05, 0.1) is 11.0 Å². The van der Waals surface area contributed by atoms with Gasteiger partial charge in [-0.25, -0.2) is 4.98 Å². The molecule has 0 aliphatic rings. The van der Waals surface area contributed by atoms with Gasteiger partial charge in [-0.3, -0.25) is 4.57 Å². The Kier molecular flexibility index (Phi) is 3.36. The second-order valence-corrected chi connectivity index (χ2v) is 5.29. The van der Waals surface area contributed by atoms with Crippen LogP contribution in [-0.4, -0.2) is 9.55 Å². The molecule has 0 radical (unpaired) electrons. The Morgan fingerprint density at radius 3 is 2.60 bits per heavy atom. The third-order valence-corrected chi connectivity index (χ3v) is 3.61. The minimum absolute atomic E-state index is 0.477. The summed E-state index contributed by atoms with van der Waals surface area (Å²) in [6.45, 7) is 2.18. The Bertz CT molecular complexity index is 744. The third kappa shape index (κ3) is 2.25. The molecule has 0 aliphatic heterocycles. The van der Waals surface area contributed by atoms with Crippen molar-refractivity contribution in [3.8, 4) is 5.69 Å². The number of hydrogen-bond donors (Lipinski definition) is 1. The van der Waals surface area contributed by atoms with Crippen molar-refractivity contribution in [3.63, 3.8) is 0 Å². The summed E-state index contributed by atoms with van der Waals surface area (Å²) >= 11 is 5.99. The first-order valence-corrected chi connectivity index (χ1v) is 7.09. The summed E-state index contributed by atoms with van der Waals surface area (Å²) in [6.07, 6.45) is 2.24. The van der Waals surface area contributed by atoms with Crippen LogP contribution in [0.15, 0.2) is 42.5 Å². The maximum atomic E-state index is 6.04. The third-order valence-electron chi connectivity index (χ3n) is 3.38. The molecule has 102 valence electrons. The Morgan fingerprint density at radius 2 is 1.90 bits per heavy atom. The highest BCUT2D eigenvalue weighted by atomic mass is 35.5. The summed E-state index contributed by atoms with van der Waals surface area (Å²) in [5.74, 6) is 0.477. The summed E-state index contributed by atoms with van der Waals surface area (Å²) in [7, 11) is 0. The number of fused-ring (bicyclic) bond motifs is 1. The molecule has 1 aromatic heterocycles. The van der Waals surface area contributed by atoms with Gasteiger partial charge in [0, 0.05) is 10.7 Å². The minimum Gasteiger partial charge on any atom is -0.369 e. The standard InChI is InChI=1S/C16H16ClN3/c1-2-3-11-4-7-13(8-5-11)20-15-9-6-12(17)10-14(15)19-16(20)18/h4-10H,2-3H2,1H3,(H2,18,19). The summed E-state index contributed by atoms with van der Waals surface area (Å²) < 4.78 is 1.95. The number of aromatic nitrogens is 2. The van der Waals surface area contributed by atoms with Crippen LogP contribution in [0.4, 0.5) is 5.95 Å². The van der Waals surface area contributed by atoms with E-state index >= 15 is 0 Å². The number of halogens is 1. The molecule has 3 nitrogen and oxygen atoms in total. The predicted molar refractivity (Wildman–Crippen MR) is 84.5 cm³/mol. The molecule has 0 amide bonds. The summed E-state index contributed by atoms with van der Waals surface area (Å²) in [5, 5.41) is 0.667. The highest BCUT2D eigenvalue weighted by Crippen LogP contribution is 2.25. The van der Waals surface area contributed by atoms with E-state index in [1.54, 1.807) is 0 Å². The Morgan fingerprint density at radius 1 is 1.15 bits per heavy atom. The molecule has 2 N–H and O–H groups in total. The van der Waals surface area contributed by atoms with Crippen molar-refractivity contribution in [2.24, 2.45) is 0 Å². The zero-order valence-corrected chi connectivity index (χ0v) is 12.1. The molecule has 20 heavy (non-hydrogen) atoms. The zero-order chi connectivity index (χ0) is 14.1. The van der Waals surface area contributed by atoms with E-state index in [1.807, 2.05) is 22.8 Å². The zero-order valence-electron chi connectivity index (χ0n) is 11.3. The lowest BCUT2D eigenvalue weighted by atomic mass is 10.1. The maximum Gasteiger partial charge on any atom is 0.205 e. The van der Waals surface area contributed by atoms with Gasteiger partial charge in [-0.15, -0.1) is 0 Å². The molecular formula is C16H16ClN3. The molecular weight excluding hydrogens is 270 g/mol. The van der Waals surface area contributed by atoms with E-state index in [9.17, 15) is 0 Å². The number of anilines is 1. The van der Waals surface area contributed by atoms with Crippen LogP contribution in [0.2, 0.25) is 5.02 Å². The van der Waals surface area contributed by atoms with E-state index < -0.39 is 0 Å². The maximum absolute atomic E-state index is 6.04. The summed E-state index contributed by atoms with van der Waals surface area (Å²) in [6, 6.07) is 14.1. The molecule has 2 aromatic carbocycles. The first-order valence-electron chi connectivity index (χ1n) is 6.72. The molecule has 0 bridgehead atoms. The Balaban J connectivity index is 2.11. The predicted octanol–water partition coefficient (Wildman–Crippen LogP) is 4.21. The number of imidazole rings is 1. The first kappa shape index (κ1) is 13.0. The van der Waals surface area contributed by atoms with Crippen molar-refractivity contribution in [2.45, 2.75) is 19.8 Å². The van der Waals surface area contributed by atoms with Gasteiger partial charge in [0.15, 0.2) is 0 Å². The van der Waals surface area contributed by atoms with Crippen molar-refractivity contribution in [1.82, 2.24) is 9.55 Å². The van der Waals surface area contributed by atoms with E-state index in [4.69, 9.17) is 17.3 Å². The number of nitrogens with zero attached hydrogens (tertiary/aromatic N) is 2. The van der Waals surface area contributed by atoms with E-state index in [0.29, 0.717) is 11.0 Å². The molecule has 0 atom stereocenters. The molecule has 0 saturated heterocycles. The monoisotopic (exact) mass is 285 g/mol. The fraction of sp³-hybridized carbons (Fsp3) is 0.188. The average Bonchev–Trinajstić information content (AvgIpc) is 2.75. The quantitative estimate of drug-likeness (QED) is 0.783. The van der Waals surface area contributed by atoms with Crippen LogP contribution in [-0.2, 0) is 6.42 Å². The van der Waals surface area contributed by atoms with Gasteiger partial charge in [-0.1, -0.05) is 37.1 Å². The normalized spacial score (nSPS) is 11.1. The summed E-state index contributed by atoms with van der Waals surface area (Å²) in [5.41, 5.74) is 10.2. The van der Waals surface area contributed by atoms with Crippen LogP contribution in [0.25, 0.3) is 16.7 Å². The van der Waals surface area contributed by atoms with Gasteiger partial charge in [0.2, 0.25) is 5.95 Å². The van der Waals surface area contributed by atoms with E-state index in [2.05, 4.69) is 36.2 Å². The Hall–Kier alpha value is -2.00. The van der Waals surface area contributed by atoms with Crippen molar-refractivity contribution >= 4 is 28.6 Å². The van der Waals surface area contributed by atoms with Crippen LogP contribution in [0.3, 0.4) is 0 Å². The fourth-order valence-electron chi connectivity index (χ4n) is 2.44. The molecule has 0 fully saturated rings. The van der Waals surface area contributed by atoms with Crippen LogP contribution in [0, 0.1) is 0 Å². The smallest absolute Gasteiger partial charge is 0.205 e. The number of nitrogens with two attached hydrogens (primary N) is 1. The van der Waals surface area contributed by atoms with Crippen LogP contribution < -0.4 is 5.73 Å². The molecule has 4 heteroatoms. The van der Waals surface area contributed by atoms with Crippen molar-refractivity contribution in [1.29, 1.82) is 0 Å². The number of rotatable bonds is 3. The topological polar surface area (TPSA) is 43.8 Å². The van der Waals surface area contributed by atoms with Gasteiger partial charge in [-0.2, -0.15) is 0 Å². The first-order chi connectivity index (χ1) is 9.69. The highest BCUT2D eigenvalue weighted by molar-refractivity contribution is 6.31. The molecule has 0 aliphatic carbocycles. The fourth-order valence-corrected chi connectivity index (χ4v) is 2.61. The van der Waals surface area contributed by atoms with Gasteiger partial charge >= 0.3 is 0 Å². The number of benzene rings is 2. The molecule has 0 unspecified atom stereocenters. The summed E-state index contributed by atoms with van der Waals surface area (Å²) in [4.78, 5) is 4.37. The average molecular weight is 286 g/mol. The van der Waals surface area contributed by atoms with Gasteiger partial charge in [-0.05, 0) is 42.3 Å². The molecule has 0 spiro atoms. The largest absolute Gasteiger partial charge is 0.369 e. The molecule has 3 rings (SSSR count).